The summed E-state index contributed by atoms with van der Waals surface area (Å²) in [6.07, 6.45) is -2.27. The van der Waals surface area contributed by atoms with Gasteiger partial charge < -0.3 is 35.6 Å². The lowest BCUT2D eigenvalue weighted by molar-refractivity contribution is -0.0501. The number of aromatic nitrogens is 4. The maximum Gasteiger partial charge on any atom is 0.228 e. The van der Waals surface area contributed by atoms with Crippen molar-refractivity contribution in [2.24, 2.45) is 5.10 Å². The predicted molar refractivity (Wildman–Crippen MR) is 109 cm³/mol. The quantitative estimate of drug-likeness (QED) is 0.211. The van der Waals surface area contributed by atoms with Crippen LogP contribution in [0.5, 0.6) is 11.5 Å². The molecule has 164 valence electrons. The summed E-state index contributed by atoms with van der Waals surface area (Å²) in [6, 6.07) is 4.91. The Kier molecular flexibility index (Phi) is 5.56. The fraction of sp³-hybridized carbons (Fsp3) is 0.333. The van der Waals surface area contributed by atoms with E-state index in [-0.39, 0.29) is 34.4 Å². The summed E-state index contributed by atoms with van der Waals surface area (Å²) in [5.74, 6) is 0.358. The molecule has 0 spiro atoms. The van der Waals surface area contributed by atoms with Crippen LogP contribution in [-0.2, 0) is 4.74 Å². The maximum absolute atomic E-state index is 10.5. The lowest BCUT2D eigenvalue weighted by atomic mass is 10.1. The molecule has 1 fully saturated rings. The first-order valence-corrected chi connectivity index (χ1v) is 9.22. The molecule has 3 aromatic rings. The average molecular weight is 431 g/mol. The molecule has 4 unspecified atom stereocenters. The molecule has 7 N–H and O–H groups in total. The highest BCUT2D eigenvalue weighted by atomic mass is 16.6. The highest BCUT2D eigenvalue weighted by molar-refractivity contribution is 5.86. The van der Waals surface area contributed by atoms with Crippen LogP contribution in [0.2, 0.25) is 0 Å². The van der Waals surface area contributed by atoms with Crippen LogP contribution in [0.15, 0.2) is 29.6 Å². The molecule has 0 amide bonds. The molecule has 1 aromatic carbocycles. The van der Waals surface area contributed by atoms with Gasteiger partial charge in [-0.25, -0.2) is 20.4 Å². The van der Waals surface area contributed by atoms with Crippen molar-refractivity contribution >= 4 is 29.1 Å². The van der Waals surface area contributed by atoms with Crippen LogP contribution in [0, 0.1) is 0 Å². The molecular weight excluding hydrogens is 410 g/mol. The van der Waals surface area contributed by atoms with Crippen LogP contribution in [0.25, 0.3) is 11.2 Å². The number of aliphatic hydroxyl groups is 3. The van der Waals surface area contributed by atoms with Crippen molar-refractivity contribution in [3.8, 4) is 11.5 Å². The summed E-state index contributed by atoms with van der Waals surface area (Å²) in [6.45, 7) is -0.492. The molecule has 13 heteroatoms. The Morgan fingerprint density at radius 2 is 2.13 bits per heavy atom. The van der Waals surface area contributed by atoms with Crippen molar-refractivity contribution in [2.45, 2.75) is 24.5 Å². The number of hydrogen-bond donors (Lipinski definition) is 6. The number of para-hydroxylation sites is 1. The van der Waals surface area contributed by atoms with Crippen molar-refractivity contribution in [1.82, 2.24) is 19.5 Å². The van der Waals surface area contributed by atoms with Crippen LogP contribution in [0.4, 0.5) is 11.8 Å². The molecule has 1 saturated heterocycles. The number of ether oxygens (including phenoxy) is 2. The highest BCUT2D eigenvalue weighted by Gasteiger charge is 2.45. The second-order valence-corrected chi connectivity index (χ2v) is 6.73. The van der Waals surface area contributed by atoms with Gasteiger partial charge in [-0.15, -0.1) is 0 Å². The van der Waals surface area contributed by atoms with Gasteiger partial charge in [0.05, 0.1) is 19.9 Å². The zero-order chi connectivity index (χ0) is 22.1. The number of rotatable bonds is 6. The number of fused-ring (bicyclic) bond motifs is 1. The number of aliphatic hydroxyl groups excluding tert-OH is 3. The maximum atomic E-state index is 10.5. The van der Waals surface area contributed by atoms with Gasteiger partial charge in [0.1, 0.15) is 24.6 Å². The van der Waals surface area contributed by atoms with Crippen molar-refractivity contribution < 1.29 is 29.9 Å². The number of nitrogens with zero attached hydrogens (tertiary/aromatic N) is 5. The number of methoxy groups -OCH3 is 1. The number of aromatic hydroxyl groups is 1. The number of hydrazone groups is 1. The van der Waals surface area contributed by atoms with E-state index in [9.17, 15) is 20.4 Å². The van der Waals surface area contributed by atoms with Gasteiger partial charge in [0, 0.05) is 5.56 Å². The molecule has 1 aliphatic heterocycles. The third kappa shape index (κ3) is 3.59. The minimum Gasteiger partial charge on any atom is -0.504 e. The number of anilines is 2. The van der Waals surface area contributed by atoms with Crippen LogP contribution < -0.4 is 15.9 Å². The molecular formula is C18H21N7O6. The second-order valence-electron chi connectivity index (χ2n) is 6.73. The number of imidazole rings is 1. The van der Waals surface area contributed by atoms with Gasteiger partial charge in [0.15, 0.2) is 34.7 Å². The van der Waals surface area contributed by atoms with E-state index in [0.29, 0.717) is 5.56 Å². The standard InChI is InChI=1S/C18H21N7O6/c1-30-9-4-2-3-8(12(9)27)5-22-24-18-23-11-15(19)20-7-21-16(11)25(18)17-14(29)13(28)10(6-26)31-17/h2-5,7,10,13-14,17,26-29H,6H2,1H3,(H,23,24)(H2,19,20,21). The summed E-state index contributed by atoms with van der Waals surface area (Å²) < 4.78 is 12.0. The molecule has 13 nitrogen and oxygen atoms in total. The van der Waals surface area contributed by atoms with Gasteiger partial charge >= 0.3 is 0 Å². The minimum absolute atomic E-state index is 0.0793. The molecule has 0 radical (unpaired) electrons. The van der Waals surface area contributed by atoms with E-state index in [2.05, 4.69) is 25.5 Å². The van der Waals surface area contributed by atoms with Crippen LogP contribution >= 0.6 is 0 Å². The summed E-state index contributed by atoms with van der Waals surface area (Å²) in [7, 11) is 1.43. The van der Waals surface area contributed by atoms with Gasteiger partial charge in [-0.2, -0.15) is 5.10 Å². The largest absolute Gasteiger partial charge is 0.504 e. The van der Waals surface area contributed by atoms with Crippen molar-refractivity contribution in [3.05, 3.63) is 30.1 Å². The Hall–Kier alpha value is -3.52. The number of hydrogen-bond acceptors (Lipinski definition) is 12. The topological polar surface area (TPSA) is 193 Å². The van der Waals surface area contributed by atoms with Gasteiger partial charge in [-0.3, -0.25) is 4.57 Å². The molecule has 0 bridgehead atoms. The molecule has 0 aliphatic carbocycles. The Balaban J connectivity index is 1.71. The van der Waals surface area contributed by atoms with Gasteiger partial charge in [0.2, 0.25) is 5.95 Å². The van der Waals surface area contributed by atoms with Gasteiger partial charge in [0.25, 0.3) is 0 Å². The molecule has 3 heterocycles. The van der Waals surface area contributed by atoms with Crippen molar-refractivity contribution in [3.63, 3.8) is 0 Å². The smallest absolute Gasteiger partial charge is 0.228 e. The molecule has 0 saturated carbocycles. The summed E-state index contributed by atoms with van der Waals surface area (Å²) in [4.78, 5) is 12.4. The molecule has 4 rings (SSSR count). The van der Waals surface area contributed by atoms with Gasteiger partial charge in [-0.1, -0.05) is 6.07 Å². The normalized spacial score (nSPS) is 23.6. The SMILES string of the molecule is COc1cccc(C=NNc2nc3c(N)ncnc3n2C2OC(CO)C(O)C2O)c1O. The Bertz CT molecular complexity index is 1120. The first kappa shape index (κ1) is 20.7. The Morgan fingerprint density at radius 1 is 1.32 bits per heavy atom. The van der Waals surface area contributed by atoms with E-state index in [4.69, 9.17) is 15.2 Å². The summed E-state index contributed by atoms with van der Waals surface area (Å²) in [5.41, 5.74) is 9.42. The molecule has 4 atom stereocenters. The van der Waals surface area contributed by atoms with Crippen LogP contribution in [-0.4, -0.2) is 78.2 Å². The third-order valence-electron chi connectivity index (χ3n) is 4.90. The monoisotopic (exact) mass is 431 g/mol. The number of nitrogen functional groups attached to an aromatic ring is 1. The van der Waals surface area contributed by atoms with E-state index in [1.807, 2.05) is 0 Å². The third-order valence-corrected chi connectivity index (χ3v) is 4.90. The zero-order valence-corrected chi connectivity index (χ0v) is 16.3. The van der Waals surface area contributed by atoms with Crippen LogP contribution in [0.1, 0.15) is 11.8 Å². The molecule has 2 aromatic heterocycles. The zero-order valence-electron chi connectivity index (χ0n) is 16.3. The second kappa shape index (κ2) is 8.31. The molecule has 1 aliphatic rings. The van der Waals surface area contributed by atoms with Crippen molar-refractivity contribution in [2.75, 3.05) is 24.9 Å². The number of nitrogens with one attached hydrogen (secondary N) is 1. The van der Waals surface area contributed by atoms with Gasteiger partial charge in [-0.05, 0) is 12.1 Å². The number of benzene rings is 1. The number of phenolic OH excluding ortho intramolecular Hbond substituents is 1. The highest BCUT2D eigenvalue weighted by Crippen LogP contribution is 2.35. The summed E-state index contributed by atoms with van der Waals surface area (Å²) >= 11 is 0. The summed E-state index contributed by atoms with van der Waals surface area (Å²) in [5, 5.41) is 44.2. The lowest BCUT2D eigenvalue weighted by Crippen LogP contribution is -2.33. The van der Waals surface area contributed by atoms with E-state index >= 15 is 0 Å². The molecule has 31 heavy (non-hydrogen) atoms. The van der Waals surface area contributed by atoms with E-state index in [1.165, 1.54) is 24.2 Å². The number of nitrogens with two attached hydrogens (primary N) is 1. The van der Waals surface area contributed by atoms with Crippen LogP contribution in [0.3, 0.4) is 0 Å². The van der Waals surface area contributed by atoms with E-state index in [1.54, 1.807) is 18.2 Å². The van der Waals surface area contributed by atoms with E-state index < -0.39 is 31.1 Å². The Labute approximate surface area is 175 Å². The fourth-order valence-corrected chi connectivity index (χ4v) is 3.31. The first-order valence-electron chi connectivity index (χ1n) is 9.22. The van der Waals surface area contributed by atoms with Crippen molar-refractivity contribution in [1.29, 1.82) is 0 Å². The number of phenols is 1. The predicted octanol–water partition coefficient (Wildman–Crippen LogP) is -0.820. The minimum atomic E-state index is -1.38. The fourth-order valence-electron chi connectivity index (χ4n) is 3.31. The lowest BCUT2D eigenvalue weighted by Gasteiger charge is -2.18. The average Bonchev–Trinajstić information content (AvgIpc) is 3.27. The Morgan fingerprint density at radius 3 is 2.84 bits per heavy atom. The van der Waals surface area contributed by atoms with E-state index in [0.717, 1.165) is 0 Å². The first-order chi connectivity index (χ1) is 15.0.